The van der Waals surface area contributed by atoms with E-state index in [2.05, 4.69) is 4.98 Å². The van der Waals surface area contributed by atoms with Crippen LogP contribution in [0.5, 0.6) is 0 Å². The molecule has 0 aliphatic rings. The van der Waals surface area contributed by atoms with Crippen molar-refractivity contribution >= 4 is 21.5 Å². The van der Waals surface area contributed by atoms with Gasteiger partial charge in [-0.25, -0.2) is 17.7 Å². The minimum absolute atomic E-state index is 0.0893. The molecule has 0 radical (unpaired) electrons. The molecule has 0 saturated carbocycles. The van der Waals surface area contributed by atoms with E-state index in [0.717, 1.165) is 10.4 Å². The van der Waals surface area contributed by atoms with Crippen LogP contribution in [0.15, 0.2) is 70.3 Å². The SMILES string of the molecule is Cc1ccc(S(=O)(=O)N(Cc2ccco2)c2ccccn2)cc1[N+](=O)[O-]. The summed E-state index contributed by atoms with van der Waals surface area (Å²) in [6.07, 6.45) is 2.91. The Kier molecular flexibility index (Phi) is 4.72. The Hall–Kier alpha value is -3.20. The van der Waals surface area contributed by atoms with E-state index in [-0.39, 0.29) is 22.9 Å². The molecule has 2 heterocycles. The number of pyridine rings is 1. The molecular weight excluding hydrogens is 358 g/mol. The van der Waals surface area contributed by atoms with Crippen LogP contribution in [0.25, 0.3) is 0 Å². The maximum atomic E-state index is 13.2. The third-order valence-electron chi connectivity index (χ3n) is 3.75. The average Bonchev–Trinajstić information content (AvgIpc) is 3.13. The number of nitro benzene ring substituents is 1. The van der Waals surface area contributed by atoms with Gasteiger partial charge >= 0.3 is 0 Å². The highest BCUT2D eigenvalue weighted by Crippen LogP contribution is 2.28. The average molecular weight is 373 g/mol. The van der Waals surface area contributed by atoms with Crippen LogP contribution in [0.3, 0.4) is 0 Å². The summed E-state index contributed by atoms with van der Waals surface area (Å²) in [7, 11) is -4.10. The van der Waals surface area contributed by atoms with E-state index in [0.29, 0.717) is 11.3 Å². The van der Waals surface area contributed by atoms with Crippen molar-refractivity contribution in [3.8, 4) is 0 Å². The van der Waals surface area contributed by atoms with Crippen LogP contribution in [-0.2, 0) is 16.6 Å². The molecule has 0 saturated heterocycles. The number of nitro groups is 1. The summed E-state index contributed by atoms with van der Waals surface area (Å²) in [5.41, 5.74) is 0.120. The van der Waals surface area contributed by atoms with Crippen molar-refractivity contribution in [1.29, 1.82) is 0 Å². The van der Waals surface area contributed by atoms with E-state index in [1.165, 1.54) is 24.6 Å². The summed E-state index contributed by atoms with van der Waals surface area (Å²) in [5.74, 6) is 0.605. The van der Waals surface area contributed by atoms with Gasteiger partial charge in [0.05, 0.1) is 22.6 Å². The summed E-state index contributed by atoms with van der Waals surface area (Å²) in [6.45, 7) is 1.46. The van der Waals surface area contributed by atoms with E-state index in [4.69, 9.17) is 4.42 Å². The van der Waals surface area contributed by atoms with Crippen molar-refractivity contribution in [1.82, 2.24) is 4.98 Å². The molecule has 2 aromatic heterocycles. The zero-order valence-corrected chi connectivity index (χ0v) is 14.6. The number of hydrogen-bond acceptors (Lipinski definition) is 6. The topological polar surface area (TPSA) is 107 Å². The van der Waals surface area contributed by atoms with Crippen LogP contribution in [0, 0.1) is 17.0 Å². The normalized spacial score (nSPS) is 11.3. The lowest BCUT2D eigenvalue weighted by atomic mass is 10.2. The Morgan fingerprint density at radius 2 is 2.00 bits per heavy atom. The molecule has 0 aliphatic heterocycles. The molecule has 9 heteroatoms. The Morgan fingerprint density at radius 3 is 2.62 bits per heavy atom. The molecule has 0 N–H and O–H groups in total. The number of aromatic nitrogens is 1. The molecule has 1 aromatic carbocycles. The lowest BCUT2D eigenvalue weighted by Gasteiger charge is -2.22. The first-order valence-corrected chi connectivity index (χ1v) is 9.05. The van der Waals surface area contributed by atoms with Gasteiger partial charge in [0.15, 0.2) is 0 Å². The molecule has 0 fully saturated rings. The molecule has 134 valence electrons. The zero-order valence-electron chi connectivity index (χ0n) is 13.8. The quantitative estimate of drug-likeness (QED) is 0.485. The molecule has 0 unspecified atom stereocenters. The number of sulfonamides is 1. The lowest BCUT2D eigenvalue weighted by Crippen LogP contribution is -2.31. The minimum atomic E-state index is -4.10. The van der Waals surface area contributed by atoms with Crippen LogP contribution in [0.4, 0.5) is 11.5 Å². The van der Waals surface area contributed by atoms with Gasteiger partial charge in [0.25, 0.3) is 15.7 Å². The van der Waals surface area contributed by atoms with Crippen LogP contribution < -0.4 is 4.31 Å². The van der Waals surface area contributed by atoms with Crippen molar-refractivity contribution < 1.29 is 17.8 Å². The van der Waals surface area contributed by atoms with Crippen molar-refractivity contribution in [2.24, 2.45) is 0 Å². The Balaban J connectivity index is 2.10. The van der Waals surface area contributed by atoms with Gasteiger partial charge in [-0.3, -0.25) is 10.1 Å². The van der Waals surface area contributed by atoms with Crippen molar-refractivity contribution in [3.63, 3.8) is 0 Å². The van der Waals surface area contributed by atoms with Crippen LogP contribution in [-0.4, -0.2) is 18.3 Å². The van der Waals surface area contributed by atoms with Crippen LogP contribution in [0.1, 0.15) is 11.3 Å². The number of anilines is 1. The molecule has 26 heavy (non-hydrogen) atoms. The number of rotatable bonds is 6. The second-order valence-electron chi connectivity index (χ2n) is 5.48. The summed E-state index contributed by atoms with van der Waals surface area (Å²) in [5, 5.41) is 11.2. The number of aryl methyl sites for hydroxylation is 1. The predicted octanol–water partition coefficient (Wildman–Crippen LogP) is 3.29. The maximum absolute atomic E-state index is 13.2. The first-order chi connectivity index (χ1) is 12.4. The lowest BCUT2D eigenvalue weighted by molar-refractivity contribution is -0.385. The fourth-order valence-corrected chi connectivity index (χ4v) is 3.81. The molecule has 0 bridgehead atoms. The summed E-state index contributed by atoms with van der Waals surface area (Å²) in [6, 6.07) is 12.0. The molecule has 0 atom stereocenters. The minimum Gasteiger partial charge on any atom is -0.467 e. The molecule has 8 nitrogen and oxygen atoms in total. The van der Waals surface area contributed by atoms with Gasteiger partial charge < -0.3 is 4.42 Å². The largest absolute Gasteiger partial charge is 0.467 e. The van der Waals surface area contributed by atoms with Gasteiger partial charge in [-0.05, 0) is 37.3 Å². The number of nitrogens with zero attached hydrogens (tertiary/aromatic N) is 3. The predicted molar refractivity (Wildman–Crippen MR) is 94.1 cm³/mol. The van der Waals surface area contributed by atoms with E-state index in [1.807, 2.05) is 0 Å². The van der Waals surface area contributed by atoms with E-state index < -0.39 is 14.9 Å². The third-order valence-corrected chi connectivity index (χ3v) is 5.50. The van der Waals surface area contributed by atoms with Gasteiger partial charge in [0, 0.05) is 17.8 Å². The molecule has 0 amide bonds. The maximum Gasteiger partial charge on any atom is 0.273 e. The first kappa shape index (κ1) is 17.6. The molecule has 0 aliphatic carbocycles. The zero-order chi connectivity index (χ0) is 18.7. The monoisotopic (exact) mass is 373 g/mol. The first-order valence-electron chi connectivity index (χ1n) is 7.61. The van der Waals surface area contributed by atoms with Gasteiger partial charge in [-0.2, -0.15) is 0 Å². The number of furan rings is 1. The smallest absolute Gasteiger partial charge is 0.273 e. The molecular formula is C17H15N3O5S. The van der Waals surface area contributed by atoms with Crippen molar-refractivity contribution in [2.75, 3.05) is 4.31 Å². The second kappa shape index (κ2) is 6.96. The molecule has 3 rings (SSSR count). The fourth-order valence-electron chi connectivity index (χ4n) is 2.41. The van der Waals surface area contributed by atoms with Gasteiger partial charge in [0.1, 0.15) is 11.6 Å². The van der Waals surface area contributed by atoms with E-state index in [1.54, 1.807) is 37.3 Å². The fraction of sp³-hybridized carbons (Fsp3) is 0.118. The van der Waals surface area contributed by atoms with Gasteiger partial charge in [-0.1, -0.05) is 12.1 Å². The Labute approximate surface area is 149 Å². The van der Waals surface area contributed by atoms with Gasteiger partial charge in [-0.15, -0.1) is 0 Å². The Morgan fingerprint density at radius 1 is 1.19 bits per heavy atom. The van der Waals surface area contributed by atoms with E-state index in [9.17, 15) is 18.5 Å². The van der Waals surface area contributed by atoms with Gasteiger partial charge in [0.2, 0.25) is 0 Å². The highest BCUT2D eigenvalue weighted by molar-refractivity contribution is 7.92. The van der Waals surface area contributed by atoms with Crippen molar-refractivity contribution in [3.05, 3.63) is 82.4 Å². The van der Waals surface area contributed by atoms with Crippen molar-refractivity contribution in [2.45, 2.75) is 18.4 Å². The molecule has 0 spiro atoms. The molecule has 3 aromatic rings. The Bertz CT molecular complexity index is 1020. The van der Waals surface area contributed by atoms with Crippen LogP contribution in [0.2, 0.25) is 0 Å². The van der Waals surface area contributed by atoms with Crippen LogP contribution >= 0.6 is 0 Å². The standard InChI is InChI=1S/C17H15N3O5S/c1-13-7-8-15(11-16(13)20(21)22)26(23,24)19(12-14-5-4-10-25-14)17-6-2-3-9-18-17/h2-11H,12H2,1H3. The summed E-state index contributed by atoms with van der Waals surface area (Å²) >= 11 is 0. The number of benzene rings is 1. The highest BCUT2D eigenvalue weighted by Gasteiger charge is 2.29. The summed E-state index contributed by atoms with van der Waals surface area (Å²) < 4.78 is 32.6. The second-order valence-corrected chi connectivity index (χ2v) is 7.35. The summed E-state index contributed by atoms with van der Waals surface area (Å²) in [4.78, 5) is 14.5. The highest BCUT2D eigenvalue weighted by atomic mass is 32.2. The number of hydrogen-bond donors (Lipinski definition) is 0. The van der Waals surface area contributed by atoms with E-state index >= 15 is 0 Å². The third kappa shape index (κ3) is 3.42.